The number of likely N-dealkylation sites (N-methyl/N-ethyl adjacent to an activating group) is 1. The predicted octanol–water partition coefficient (Wildman–Crippen LogP) is 3.49. The molecule has 0 fully saturated rings. The van der Waals surface area contributed by atoms with Crippen molar-refractivity contribution in [3.05, 3.63) is 48.0 Å². The van der Waals surface area contributed by atoms with Crippen LogP contribution in [0.2, 0.25) is 0 Å². The number of nitrogens with zero attached hydrogens (tertiary/aromatic N) is 1. The minimum Gasteiger partial charge on any atom is -0.455 e. The van der Waals surface area contributed by atoms with Crippen molar-refractivity contribution in [3.8, 4) is 0 Å². The van der Waals surface area contributed by atoms with E-state index in [0.29, 0.717) is 19.3 Å². The molecule has 0 radical (unpaired) electrons. The number of carbonyl (C=O) groups is 2. The fourth-order valence-electron chi connectivity index (χ4n) is 2.76. The Morgan fingerprint density at radius 3 is 2.48 bits per heavy atom. The van der Waals surface area contributed by atoms with Crippen molar-refractivity contribution >= 4 is 11.9 Å². The Kier molecular flexibility index (Phi) is 5.97. The maximum Gasteiger partial charge on any atom is 0.306 e. The van der Waals surface area contributed by atoms with Gasteiger partial charge in [-0.1, -0.05) is 49.4 Å². The van der Waals surface area contributed by atoms with Gasteiger partial charge in [0.1, 0.15) is 6.10 Å². The summed E-state index contributed by atoms with van der Waals surface area (Å²) in [7, 11) is 1.78. The molecule has 0 aliphatic carbocycles. The van der Waals surface area contributed by atoms with E-state index in [1.807, 2.05) is 56.3 Å². The molecule has 0 saturated carbocycles. The maximum absolute atomic E-state index is 12.6. The highest BCUT2D eigenvalue weighted by Crippen LogP contribution is 2.27. The summed E-state index contributed by atoms with van der Waals surface area (Å²) in [6.07, 6.45) is 5.18. The molecule has 1 aromatic rings. The molecule has 1 aliphatic heterocycles. The van der Waals surface area contributed by atoms with E-state index in [4.69, 9.17) is 4.74 Å². The molecule has 0 spiro atoms. The minimum absolute atomic E-state index is 0.0692. The fraction of sp³-hybridized carbons (Fsp3) is 0.474. The third-order valence-electron chi connectivity index (χ3n) is 4.38. The van der Waals surface area contributed by atoms with Crippen LogP contribution in [0.15, 0.2) is 42.5 Å². The average molecular weight is 315 g/mol. The van der Waals surface area contributed by atoms with Crippen LogP contribution in [0.5, 0.6) is 0 Å². The van der Waals surface area contributed by atoms with Crippen molar-refractivity contribution in [1.29, 1.82) is 0 Å². The number of ether oxygens (including phenoxy) is 1. The Morgan fingerprint density at radius 2 is 1.78 bits per heavy atom. The van der Waals surface area contributed by atoms with E-state index in [0.717, 1.165) is 5.56 Å². The Balaban J connectivity index is 2.32. The van der Waals surface area contributed by atoms with Crippen LogP contribution in [0, 0.1) is 5.92 Å². The molecule has 4 heteroatoms. The van der Waals surface area contributed by atoms with Crippen molar-refractivity contribution < 1.29 is 14.3 Å². The standard InChI is InChI=1S/C19H25NO3/c1-14-10-6-4-9-13-17(21)23-18(15(2)20(3)19(14)22)16-11-7-5-8-12-16/h4-8,11-12,14-15,18H,9-10,13H2,1-3H3/t14-,15+,18?/m1/s1. The lowest BCUT2D eigenvalue weighted by molar-refractivity contribution is -0.156. The number of hydrogen-bond acceptors (Lipinski definition) is 3. The summed E-state index contributed by atoms with van der Waals surface area (Å²) in [5.41, 5.74) is 0.910. The zero-order valence-electron chi connectivity index (χ0n) is 14.1. The van der Waals surface area contributed by atoms with Crippen LogP contribution in [0.1, 0.15) is 44.8 Å². The van der Waals surface area contributed by atoms with Crippen molar-refractivity contribution in [3.63, 3.8) is 0 Å². The molecule has 0 bridgehead atoms. The van der Waals surface area contributed by atoms with Crippen LogP contribution < -0.4 is 0 Å². The van der Waals surface area contributed by atoms with Crippen LogP contribution in [-0.2, 0) is 14.3 Å². The molecule has 4 nitrogen and oxygen atoms in total. The summed E-state index contributed by atoms with van der Waals surface area (Å²) in [5.74, 6) is -0.241. The maximum atomic E-state index is 12.6. The quantitative estimate of drug-likeness (QED) is 0.588. The van der Waals surface area contributed by atoms with E-state index in [9.17, 15) is 9.59 Å². The Morgan fingerprint density at radius 1 is 1.09 bits per heavy atom. The van der Waals surface area contributed by atoms with Gasteiger partial charge in [0.2, 0.25) is 5.91 Å². The van der Waals surface area contributed by atoms with Crippen molar-refractivity contribution in [2.45, 2.75) is 45.3 Å². The number of carbonyl (C=O) groups excluding carboxylic acids is 2. The van der Waals surface area contributed by atoms with E-state index in [1.165, 1.54) is 0 Å². The van der Waals surface area contributed by atoms with Gasteiger partial charge >= 0.3 is 5.97 Å². The second-order valence-electron chi connectivity index (χ2n) is 6.16. The van der Waals surface area contributed by atoms with Gasteiger partial charge in [-0.05, 0) is 25.3 Å². The molecule has 3 atom stereocenters. The van der Waals surface area contributed by atoms with Crippen molar-refractivity contribution in [2.75, 3.05) is 7.05 Å². The molecule has 0 N–H and O–H groups in total. The number of esters is 1. The molecule has 2 rings (SSSR count). The zero-order chi connectivity index (χ0) is 16.8. The summed E-state index contributed by atoms with van der Waals surface area (Å²) >= 11 is 0. The third kappa shape index (κ3) is 4.44. The summed E-state index contributed by atoms with van der Waals surface area (Å²) < 4.78 is 5.71. The number of hydrogen-bond donors (Lipinski definition) is 0. The van der Waals surface area contributed by atoms with Crippen LogP contribution in [0.3, 0.4) is 0 Å². The third-order valence-corrected chi connectivity index (χ3v) is 4.38. The van der Waals surface area contributed by atoms with Crippen LogP contribution in [0.25, 0.3) is 0 Å². The monoisotopic (exact) mass is 315 g/mol. The van der Waals surface area contributed by atoms with Crippen LogP contribution >= 0.6 is 0 Å². The highest BCUT2D eigenvalue weighted by Gasteiger charge is 2.30. The largest absolute Gasteiger partial charge is 0.455 e. The SMILES string of the molecule is C[C@@H]1CC=CCCC(=O)OC(c2ccccc2)[C@H](C)N(C)C1=O. The first-order valence-corrected chi connectivity index (χ1v) is 8.16. The first-order chi connectivity index (χ1) is 11.0. The van der Waals surface area contributed by atoms with Gasteiger partial charge in [0.15, 0.2) is 0 Å². The molecular weight excluding hydrogens is 290 g/mol. The molecule has 23 heavy (non-hydrogen) atoms. The number of allylic oxidation sites excluding steroid dienone is 2. The highest BCUT2D eigenvalue weighted by molar-refractivity contribution is 5.79. The molecule has 1 heterocycles. The van der Waals surface area contributed by atoms with Crippen LogP contribution in [0.4, 0.5) is 0 Å². The molecule has 0 saturated heterocycles. The van der Waals surface area contributed by atoms with Gasteiger partial charge in [-0.15, -0.1) is 0 Å². The van der Waals surface area contributed by atoms with Gasteiger partial charge in [0, 0.05) is 19.4 Å². The van der Waals surface area contributed by atoms with E-state index < -0.39 is 6.10 Å². The summed E-state index contributed by atoms with van der Waals surface area (Å²) in [4.78, 5) is 26.4. The lowest BCUT2D eigenvalue weighted by Gasteiger charge is -2.33. The van der Waals surface area contributed by atoms with Crippen LogP contribution in [-0.4, -0.2) is 29.9 Å². The van der Waals surface area contributed by atoms with E-state index in [1.54, 1.807) is 11.9 Å². The fourth-order valence-corrected chi connectivity index (χ4v) is 2.76. The second-order valence-corrected chi connectivity index (χ2v) is 6.16. The van der Waals surface area contributed by atoms with E-state index >= 15 is 0 Å². The smallest absolute Gasteiger partial charge is 0.306 e. The first kappa shape index (κ1) is 17.3. The molecular formula is C19H25NO3. The highest BCUT2D eigenvalue weighted by atomic mass is 16.5. The molecule has 1 aromatic carbocycles. The molecule has 1 amide bonds. The molecule has 0 aromatic heterocycles. The van der Waals surface area contributed by atoms with Gasteiger partial charge in [-0.2, -0.15) is 0 Å². The van der Waals surface area contributed by atoms with Gasteiger partial charge in [-0.3, -0.25) is 9.59 Å². The molecule has 1 unspecified atom stereocenters. The number of cyclic esters (lactones) is 1. The number of amides is 1. The van der Waals surface area contributed by atoms with E-state index in [2.05, 4.69) is 0 Å². The van der Waals surface area contributed by atoms with Crippen molar-refractivity contribution in [2.24, 2.45) is 5.92 Å². The summed E-state index contributed by atoms with van der Waals surface area (Å²) in [5, 5.41) is 0. The minimum atomic E-state index is -0.451. The lowest BCUT2D eigenvalue weighted by Crippen LogP contribution is -2.42. The van der Waals surface area contributed by atoms with Gasteiger partial charge in [0.05, 0.1) is 6.04 Å². The molecule has 1 aliphatic rings. The van der Waals surface area contributed by atoms with Crippen molar-refractivity contribution in [1.82, 2.24) is 4.90 Å². The van der Waals surface area contributed by atoms with Gasteiger partial charge < -0.3 is 9.64 Å². The first-order valence-electron chi connectivity index (χ1n) is 8.16. The molecule has 124 valence electrons. The summed E-state index contributed by atoms with van der Waals surface area (Å²) in [6, 6.07) is 9.40. The van der Waals surface area contributed by atoms with Gasteiger partial charge in [-0.25, -0.2) is 0 Å². The summed E-state index contributed by atoms with van der Waals surface area (Å²) in [6.45, 7) is 3.86. The lowest BCUT2D eigenvalue weighted by atomic mass is 9.99. The normalized spacial score (nSPS) is 27.1. The Labute approximate surface area is 138 Å². The second kappa shape index (κ2) is 7.95. The average Bonchev–Trinajstić information content (AvgIpc) is 2.57. The Hall–Kier alpha value is -2.10. The predicted molar refractivity (Wildman–Crippen MR) is 89.7 cm³/mol. The number of rotatable bonds is 1. The topological polar surface area (TPSA) is 46.6 Å². The van der Waals surface area contributed by atoms with E-state index in [-0.39, 0.29) is 23.8 Å². The Bertz CT molecular complexity index is 567. The zero-order valence-corrected chi connectivity index (χ0v) is 14.1. The van der Waals surface area contributed by atoms with Gasteiger partial charge in [0.25, 0.3) is 0 Å². The number of benzene rings is 1.